The molecule has 1 fully saturated rings. The number of amides is 4. The molecule has 0 radical (unpaired) electrons. The summed E-state index contributed by atoms with van der Waals surface area (Å²) in [6.45, 7) is 2.17. The largest absolute Gasteiger partial charge is 0.480 e. The van der Waals surface area contributed by atoms with Gasteiger partial charge in [-0.2, -0.15) is 0 Å². The summed E-state index contributed by atoms with van der Waals surface area (Å²) in [5.41, 5.74) is 0. The number of hydrogen-bond donors (Lipinski definition) is 2. The minimum absolute atomic E-state index is 0.0587. The summed E-state index contributed by atoms with van der Waals surface area (Å²) in [6, 6.07) is -1.24. The third kappa shape index (κ3) is 5.01. The van der Waals surface area contributed by atoms with E-state index in [0.29, 0.717) is 12.8 Å². The third-order valence-electron chi connectivity index (χ3n) is 3.50. The molecule has 0 aromatic rings. The quantitative estimate of drug-likeness (QED) is 0.600. The van der Waals surface area contributed by atoms with Gasteiger partial charge in [-0.1, -0.05) is 19.8 Å². The van der Waals surface area contributed by atoms with Gasteiger partial charge < -0.3 is 15.3 Å². The molecule has 0 unspecified atom stereocenters. The fraction of sp³-hybridized carbons (Fsp3) is 0.714. The van der Waals surface area contributed by atoms with Crippen LogP contribution in [0.25, 0.3) is 0 Å². The minimum atomic E-state index is -1.05. The lowest BCUT2D eigenvalue weighted by atomic mass is 10.1. The standard InChI is InChI=1S/C14H23N3O5/c1-3-4-6-10(13(20)21)15-11(18)7-5-8-17-12(19)9-16(2)14(17)22/h10H,3-9H2,1-2H3,(H,15,18)(H,20,21)/t10-/m0/s1. The number of nitrogens with one attached hydrogen (secondary N) is 1. The summed E-state index contributed by atoms with van der Waals surface area (Å²) in [5, 5.41) is 11.5. The number of hydrogen-bond acceptors (Lipinski definition) is 4. The Kier molecular flexibility index (Phi) is 6.81. The number of carboxylic acids is 1. The molecular weight excluding hydrogens is 290 g/mol. The summed E-state index contributed by atoms with van der Waals surface area (Å²) in [6.07, 6.45) is 2.37. The van der Waals surface area contributed by atoms with Crippen molar-refractivity contribution in [2.75, 3.05) is 20.1 Å². The highest BCUT2D eigenvalue weighted by Gasteiger charge is 2.32. The first kappa shape index (κ1) is 17.9. The van der Waals surface area contributed by atoms with E-state index in [1.807, 2.05) is 6.92 Å². The normalized spacial score (nSPS) is 16.1. The van der Waals surface area contributed by atoms with Crippen molar-refractivity contribution in [2.45, 2.75) is 45.1 Å². The number of rotatable bonds is 9. The van der Waals surface area contributed by atoms with Gasteiger partial charge in [-0.25, -0.2) is 9.59 Å². The van der Waals surface area contributed by atoms with E-state index < -0.39 is 12.0 Å². The van der Waals surface area contributed by atoms with Gasteiger partial charge in [-0.15, -0.1) is 0 Å². The Morgan fingerprint density at radius 2 is 2.00 bits per heavy atom. The van der Waals surface area contributed by atoms with Gasteiger partial charge in [0.2, 0.25) is 11.8 Å². The Morgan fingerprint density at radius 3 is 2.50 bits per heavy atom. The molecule has 124 valence electrons. The second-order valence-corrected chi connectivity index (χ2v) is 5.39. The lowest BCUT2D eigenvalue weighted by Gasteiger charge is -2.16. The maximum atomic E-state index is 11.7. The van der Waals surface area contributed by atoms with E-state index in [9.17, 15) is 19.2 Å². The number of likely N-dealkylation sites (N-methyl/N-ethyl adjacent to an activating group) is 1. The lowest BCUT2D eigenvalue weighted by molar-refractivity contribution is -0.142. The molecule has 2 N–H and O–H groups in total. The zero-order valence-electron chi connectivity index (χ0n) is 13.0. The van der Waals surface area contributed by atoms with Crippen LogP contribution in [-0.4, -0.2) is 64.9 Å². The van der Waals surface area contributed by atoms with Crippen molar-refractivity contribution < 1.29 is 24.3 Å². The van der Waals surface area contributed by atoms with Crippen molar-refractivity contribution in [2.24, 2.45) is 0 Å². The number of aliphatic carboxylic acids is 1. The Labute approximate surface area is 129 Å². The van der Waals surface area contributed by atoms with Crippen LogP contribution in [0.1, 0.15) is 39.0 Å². The second kappa shape index (κ2) is 8.35. The average Bonchev–Trinajstić information content (AvgIpc) is 2.69. The van der Waals surface area contributed by atoms with Crippen LogP contribution in [-0.2, 0) is 14.4 Å². The smallest absolute Gasteiger partial charge is 0.326 e. The number of imide groups is 1. The fourth-order valence-corrected chi connectivity index (χ4v) is 2.22. The van der Waals surface area contributed by atoms with Gasteiger partial charge in [0.1, 0.15) is 12.6 Å². The number of carbonyl (C=O) groups excluding carboxylic acids is 3. The first-order valence-corrected chi connectivity index (χ1v) is 7.44. The van der Waals surface area contributed by atoms with Gasteiger partial charge in [-0.3, -0.25) is 14.5 Å². The zero-order chi connectivity index (χ0) is 16.7. The molecule has 0 aromatic carbocycles. The summed E-state index contributed by atoms with van der Waals surface area (Å²) in [7, 11) is 1.54. The van der Waals surface area contributed by atoms with Gasteiger partial charge in [0.25, 0.3) is 0 Å². The number of nitrogens with zero attached hydrogens (tertiary/aromatic N) is 2. The molecule has 0 aliphatic carbocycles. The van der Waals surface area contributed by atoms with Crippen molar-refractivity contribution in [3.63, 3.8) is 0 Å². The van der Waals surface area contributed by atoms with Crippen LogP contribution in [0.4, 0.5) is 4.79 Å². The third-order valence-corrected chi connectivity index (χ3v) is 3.50. The fourth-order valence-electron chi connectivity index (χ4n) is 2.22. The van der Waals surface area contributed by atoms with Crippen molar-refractivity contribution >= 4 is 23.8 Å². The molecule has 1 atom stereocenters. The number of urea groups is 1. The Hall–Kier alpha value is -2.12. The Morgan fingerprint density at radius 1 is 1.32 bits per heavy atom. The second-order valence-electron chi connectivity index (χ2n) is 5.39. The topological polar surface area (TPSA) is 107 Å². The molecule has 1 saturated heterocycles. The van der Waals surface area contributed by atoms with Gasteiger partial charge >= 0.3 is 12.0 Å². The molecule has 4 amide bonds. The Bertz CT molecular complexity index is 452. The first-order valence-electron chi connectivity index (χ1n) is 7.44. The van der Waals surface area contributed by atoms with E-state index in [0.717, 1.165) is 17.7 Å². The van der Waals surface area contributed by atoms with Gasteiger partial charge in [0, 0.05) is 20.0 Å². The molecular formula is C14H23N3O5. The molecule has 8 nitrogen and oxygen atoms in total. The van der Waals surface area contributed by atoms with E-state index >= 15 is 0 Å². The van der Waals surface area contributed by atoms with Crippen LogP contribution in [0.15, 0.2) is 0 Å². The van der Waals surface area contributed by atoms with Crippen molar-refractivity contribution in [3.8, 4) is 0 Å². The first-order chi connectivity index (χ1) is 10.4. The SMILES string of the molecule is CCCC[C@H](NC(=O)CCCN1C(=O)CN(C)C1=O)C(=O)O. The molecule has 0 aromatic heterocycles. The van der Waals surface area contributed by atoms with Crippen LogP contribution in [0.3, 0.4) is 0 Å². The molecule has 0 spiro atoms. The summed E-state index contributed by atoms with van der Waals surface area (Å²) in [4.78, 5) is 48.4. The minimum Gasteiger partial charge on any atom is -0.480 e. The lowest BCUT2D eigenvalue weighted by Crippen LogP contribution is -2.41. The maximum absolute atomic E-state index is 11.7. The highest BCUT2D eigenvalue weighted by atomic mass is 16.4. The van der Waals surface area contributed by atoms with E-state index in [4.69, 9.17) is 5.11 Å². The van der Waals surface area contributed by atoms with Gasteiger partial charge in [0.05, 0.1) is 0 Å². The molecule has 22 heavy (non-hydrogen) atoms. The summed E-state index contributed by atoms with van der Waals surface area (Å²) < 4.78 is 0. The van der Waals surface area contributed by atoms with E-state index in [1.165, 1.54) is 11.9 Å². The van der Waals surface area contributed by atoms with Crippen molar-refractivity contribution in [3.05, 3.63) is 0 Å². The maximum Gasteiger partial charge on any atom is 0.326 e. The van der Waals surface area contributed by atoms with Crippen LogP contribution in [0.5, 0.6) is 0 Å². The zero-order valence-corrected chi connectivity index (χ0v) is 13.0. The van der Waals surface area contributed by atoms with Crippen molar-refractivity contribution in [1.29, 1.82) is 0 Å². The van der Waals surface area contributed by atoms with E-state index in [-0.39, 0.29) is 37.4 Å². The highest BCUT2D eigenvalue weighted by molar-refractivity contribution is 6.01. The number of unbranched alkanes of at least 4 members (excludes halogenated alkanes) is 1. The molecule has 1 heterocycles. The average molecular weight is 313 g/mol. The highest BCUT2D eigenvalue weighted by Crippen LogP contribution is 2.09. The summed E-state index contributed by atoms with van der Waals surface area (Å²) in [5.74, 6) is -1.71. The van der Waals surface area contributed by atoms with E-state index in [1.54, 1.807) is 0 Å². The summed E-state index contributed by atoms with van der Waals surface area (Å²) >= 11 is 0. The predicted molar refractivity (Wildman–Crippen MR) is 78.1 cm³/mol. The van der Waals surface area contributed by atoms with Crippen LogP contribution in [0.2, 0.25) is 0 Å². The molecule has 1 rings (SSSR count). The predicted octanol–water partition coefficient (Wildman–Crippen LogP) is 0.420. The molecule has 1 aliphatic heterocycles. The van der Waals surface area contributed by atoms with Crippen LogP contribution >= 0.6 is 0 Å². The monoisotopic (exact) mass is 313 g/mol. The van der Waals surface area contributed by atoms with E-state index in [2.05, 4.69) is 5.32 Å². The molecule has 8 heteroatoms. The number of carbonyl (C=O) groups is 4. The van der Waals surface area contributed by atoms with Gasteiger partial charge in [-0.05, 0) is 12.8 Å². The molecule has 0 saturated carbocycles. The molecule has 0 bridgehead atoms. The van der Waals surface area contributed by atoms with Crippen molar-refractivity contribution in [1.82, 2.24) is 15.1 Å². The Balaban J connectivity index is 2.35. The number of carboxylic acid groups (broad SMARTS) is 1. The molecule has 1 aliphatic rings. The van der Waals surface area contributed by atoms with Crippen LogP contribution < -0.4 is 5.32 Å². The van der Waals surface area contributed by atoms with Crippen LogP contribution in [0, 0.1) is 0 Å². The van der Waals surface area contributed by atoms with Gasteiger partial charge in [0.15, 0.2) is 0 Å².